The topological polar surface area (TPSA) is 92.6 Å². The number of nitrogens with zero attached hydrogens (tertiary/aromatic N) is 5. The first kappa shape index (κ1) is 28.2. The molecule has 1 N–H and O–H groups in total. The first-order chi connectivity index (χ1) is 18.3. The summed E-state index contributed by atoms with van der Waals surface area (Å²) < 4.78 is 80.6. The molecule has 2 heterocycles. The maximum Gasteiger partial charge on any atom is 0.573 e. The van der Waals surface area contributed by atoms with Crippen molar-refractivity contribution in [3.05, 3.63) is 59.2 Å². The van der Waals surface area contributed by atoms with Crippen molar-refractivity contribution in [2.24, 2.45) is 0 Å². The fraction of sp³-hybridized carbons (Fsp3) is 0.304. The highest BCUT2D eigenvalue weighted by Gasteiger charge is 2.32. The normalized spacial score (nSPS) is 14.8. The Hall–Kier alpha value is -3.85. The van der Waals surface area contributed by atoms with Gasteiger partial charge in [-0.15, -0.1) is 18.3 Å². The SMILES string of the molecule is O=C(CN1CCN(C(=O)n2cc(-c3ccc(OC(F)(F)F)cc3)nn2)CC1)Nc1cc(C(F)(F)F)ccc1Cl. The quantitative estimate of drug-likeness (QED) is 0.441. The maximum absolute atomic E-state index is 12.9. The van der Waals surface area contributed by atoms with Crippen LogP contribution in [0.3, 0.4) is 0 Å². The van der Waals surface area contributed by atoms with Gasteiger partial charge in [-0.25, -0.2) is 4.79 Å². The molecule has 0 atom stereocenters. The Morgan fingerprint density at radius 2 is 1.64 bits per heavy atom. The minimum atomic E-state index is -4.82. The van der Waals surface area contributed by atoms with Crippen LogP contribution in [0.2, 0.25) is 5.02 Å². The van der Waals surface area contributed by atoms with Crippen LogP contribution in [0.25, 0.3) is 11.3 Å². The van der Waals surface area contributed by atoms with Gasteiger partial charge < -0.3 is 15.0 Å². The molecular formula is C23H19ClF6N6O3. The van der Waals surface area contributed by atoms with E-state index in [0.29, 0.717) is 18.7 Å². The van der Waals surface area contributed by atoms with E-state index in [2.05, 4.69) is 20.4 Å². The highest BCUT2D eigenvalue weighted by molar-refractivity contribution is 6.33. The number of carbonyl (C=O) groups is 2. The van der Waals surface area contributed by atoms with Crippen molar-refractivity contribution in [2.45, 2.75) is 12.5 Å². The molecule has 1 saturated heterocycles. The summed E-state index contributed by atoms with van der Waals surface area (Å²) in [5.41, 5.74) is -0.432. The summed E-state index contributed by atoms with van der Waals surface area (Å²) in [6, 6.07) is 7.04. The number of alkyl halides is 6. The summed E-state index contributed by atoms with van der Waals surface area (Å²) in [6.45, 7) is 0.940. The lowest BCUT2D eigenvalue weighted by atomic mass is 10.2. The summed E-state index contributed by atoms with van der Waals surface area (Å²) in [6.07, 6.45) is -8.07. The van der Waals surface area contributed by atoms with Crippen molar-refractivity contribution < 1.29 is 40.7 Å². The second kappa shape index (κ2) is 11.1. The molecule has 208 valence electrons. The number of amides is 2. The van der Waals surface area contributed by atoms with Gasteiger partial charge in [0, 0.05) is 31.7 Å². The summed E-state index contributed by atoms with van der Waals surface area (Å²) in [5.74, 6) is -0.970. The molecule has 4 rings (SSSR count). The van der Waals surface area contributed by atoms with Crippen LogP contribution in [-0.2, 0) is 11.0 Å². The Balaban J connectivity index is 1.29. The van der Waals surface area contributed by atoms with Gasteiger partial charge in [0.2, 0.25) is 5.91 Å². The number of anilines is 1. The zero-order valence-electron chi connectivity index (χ0n) is 19.8. The van der Waals surface area contributed by atoms with Crippen LogP contribution in [0.5, 0.6) is 5.75 Å². The number of hydrogen-bond acceptors (Lipinski definition) is 6. The molecule has 2 amide bonds. The van der Waals surface area contributed by atoms with E-state index in [4.69, 9.17) is 11.6 Å². The zero-order chi connectivity index (χ0) is 28.4. The van der Waals surface area contributed by atoms with Crippen LogP contribution in [0.4, 0.5) is 36.8 Å². The molecule has 1 aliphatic heterocycles. The average molecular weight is 577 g/mol. The molecule has 3 aromatic rings. The minimum Gasteiger partial charge on any atom is -0.406 e. The Bertz CT molecular complexity index is 1340. The predicted molar refractivity (Wildman–Crippen MR) is 126 cm³/mol. The van der Waals surface area contributed by atoms with Gasteiger partial charge in [0.05, 0.1) is 29.0 Å². The molecular weight excluding hydrogens is 558 g/mol. The van der Waals surface area contributed by atoms with Crippen molar-refractivity contribution in [3.63, 3.8) is 0 Å². The van der Waals surface area contributed by atoms with Gasteiger partial charge in [0.1, 0.15) is 11.4 Å². The van der Waals surface area contributed by atoms with E-state index < -0.39 is 35.8 Å². The largest absolute Gasteiger partial charge is 0.573 e. The highest BCUT2D eigenvalue weighted by atomic mass is 35.5. The van der Waals surface area contributed by atoms with Crippen molar-refractivity contribution in [3.8, 4) is 17.0 Å². The number of piperazine rings is 1. The monoisotopic (exact) mass is 576 g/mol. The van der Waals surface area contributed by atoms with Gasteiger partial charge in [-0.05, 0) is 42.5 Å². The van der Waals surface area contributed by atoms with Gasteiger partial charge in [-0.2, -0.15) is 17.9 Å². The lowest BCUT2D eigenvalue weighted by molar-refractivity contribution is -0.274. The number of aromatic nitrogens is 3. The van der Waals surface area contributed by atoms with Gasteiger partial charge in [-0.1, -0.05) is 16.8 Å². The molecule has 9 nitrogen and oxygen atoms in total. The number of benzene rings is 2. The van der Waals surface area contributed by atoms with Crippen LogP contribution in [-0.4, -0.2) is 75.8 Å². The van der Waals surface area contributed by atoms with Crippen LogP contribution < -0.4 is 10.1 Å². The summed E-state index contributed by atoms with van der Waals surface area (Å²) in [4.78, 5) is 28.4. The molecule has 0 unspecified atom stereocenters. The summed E-state index contributed by atoms with van der Waals surface area (Å²) in [5, 5.41) is 10.0. The van der Waals surface area contributed by atoms with Gasteiger partial charge in [-0.3, -0.25) is 9.69 Å². The summed E-state index contributed by atoms with van der Waals surface area (Å²) >= 11 is 5.92. The van der Waals surface area contributed by atoms with Gasteiger partial charge >= 0.3 is 18.6 Å². The lowest BCUT2D eigenvalue weighted by Gasteiger charge is -2.33. The zero-order valence-corrected chi connectivity index (χ0v) is 20.5. The molecule has 1 aliphatic rings. The fourth-order valence-corrected chi connectivity index (χ4v) is 3.91. The standard InChI is InChI=1S/C23H19ClF6N6O3/c24-17-6-3-15(22(25,26)27)11-18(17)31-20(37)13-34-7-9-35(10-8-34)21(38)36-12-19(32-33-36)14-1-4-16(5-2-14)39-23(28,29)30/h1-6,11-12H,7-10,13H2,(H,31,37). The molecule has 0 aliphatic carbocycles. The third kappa shape index (κ3) is 7.38. The predicted octanol–water partition coefficient (Wildman–Crippen LogP) is 4.74. The van der Waals surface area contributed by atoms with Gasteiger partial charge in [0.25, 0.3) is 0 Å². The number of hydrogen-bond donors (Lipinski definition) is 1. The second-order valence-electron chi connectivity index (χ2n) is 8.41. The first-order valence-corrected chi connectivity index (χ1v) is 11.6. The van der Waals surface area contributed by atoms with Crippen molar-refractivity contribution in [2.75, 3.05) is 38.0 Å². The smallest absolute Gasteiger partial charge is 0.406 e. The molecule has 0 radical (unpaired) electrons. The average Bonchev–Trinajstić information content (AvgIpc) is 3.34. The molecule has 2 aromatic carbocycles. The van der Waals surface area contributed by atoms with Crippen molar-refractivity contribution in [1.29, 1.82) is 0 Å². The van der Waals surface area contributed by atoms with Crippen LogP contribution >= 0.6 is 11.6 Å². The Labute approximate surface area is 221 Å². The lowest BCUT2D eigenvalue weighted by Crippen LogP contribution is -2.51. The second-order valence-corrected chi connectivity index (χ2v) is 8.81. The number of nitrogens with one attached hydrogen (secondary N) is 1. The minimum absolute atomic E-state index is 0.0375. The number of rotatable bonds is 5. The van der Waals surface area contributed by atoms with E-state index in [9.17, 15) is 35.9 Å². The van der Waals surface area contributed by atoms with E-state index in [-0.39, 0.29) is 36.0 Å². The molecule has 39 heavy (non-hydrogen) atoms. The third-order valence-corrected chi connectivity index (χ3v) is 5.98. The van der Waals surface area contributed by atoms with E-state index in [1.165, 1.54) is 23.2 Å². The van der Waals surface area contributed by atoms with Crippen LogP contribution in [0.15, 0.2) is 48.7 Å². The molecule has 0 spiro atoms. The molecule has 16 heteroatoms. The highest BCUT2D eigenvalue weighted by Crippen LogP contribution is 2.34. The first-order valence-electron chi connectivity index (χ1n) is 11.3. The van der Waals surface area contributed by atoms with E-state index in [1.807, 2.05) is 0 Å². The molecule has 1 fully saturated rings. The Morgan fingerprint density at radius 1 is 0.974 bits per heavy atom. The van der Waals surface area contributed by atoms with E-state index in [1.54, 1.807) is 4.90 Å². The van der Waals surface area contributed by atoms with Gasteiger partial charge in [0.15, 0.2) is 0 Å². The van der Waals surface area contributed by atoms with Crippen LogP contribution in [0, 0.1) is 0 Å². The van der Waals surface area contributed by atoms with E-state index in [0.717, 1.165) is 35.0 Å². The molecule has 0 saturated carbocycles. The molecule has 0 bridgehead atoms. The Kier molecular flexibility index (Phi) is 8.02. The number of ether oxygens (including phenoxy) is 1. The Morgan fingerprint density at radius 3 is 2.26 bits per heavy atom. The summed E-state index contributed by atoms with van der Waals surface area (Å²) in [7, 11) is 0. The van der Waals surface area contributed by atoms with Crippen LogP contribution in [0.1, 0.15) is 5.56 Å². The van der Waals surface area contributed by atoms with Crippen molar-refractivity contribution >= 4 is 29.2 Å². The number of halogens is 7. The number of carbonyl (C=O) groups excluding carboxylic acids is 2. The van der Waals surface area contributed by atoms with Crippen molar-refractivity contribution in [1.82, 2.24) is 24.8 Å². The third-order valence-electron chi connectivity index (χ3n) is 5.65. The molecule has 1 aromatic heterocycles. The van der Waals surface area contributed by atoms with E-state index >= 15 is 0 Å². The fourth-order valence-electron chi connectivity index (χ4n) is 3.75. The maximum atomic E-state index is 12.9.